The van der Waals surface area contributed by atoms with Gasteiger partial charge in [0.25, 0.3) is 0 Å². The molecule has 0 aliphatic carbocycles. The minimum Gasteiger partial charge on any atom is -0.508 e. The molecule has 0 saturated carbocycles. The number of rotatable bonds is 3. The van der Waals surface area contributed by atoms with Crippen LogP contribution in [0.15, 0.2) is 30.5 Å². The third-order valence-electron chi connectivity index (χ3n) is 1.86. The summed E-state index contributed by atoms with van der Waals surface area (Å²) in [7, 11) is 0. The Hall–Kier alpha value is -1.75. The second-order valence-corrected chi connectivity index (χ2v) is 3.88. The molecule has 0 amide bonds. The highest BCUT2D eigenvalue weighted by Crippen LogP contribution is 2.21. The fourth-order valence-corrected chi connectivity index (χ4v) is 1.67. The molecule has 1 aromatic heterocycles. The Balaban J connectivity index is 2.02. The molecule has 78 valence electrons. The Morgan fingerprint density at radius 3 is 3.00 bits per heavy atom. The van der Waals surface area contributed by atoms with Crippen LogP contribution < -0.4 is 10.5 Å². The van der Waals surface area contributed by atoms with Crippen molar-refractivity contribution in [1.82, 2.24) is 4.37 Å². The molecule has 0 aliphatic heterocycles. The number of anilines is 1. The first-order chi connectivity index (χ1) is 7.25. The fourth-order valence-electron chi connectivity index (χ4n) is 1.10. The quantitative estimate of drug-likeness (QED) is 0.833. The average Bonchev–Trinajstić information content (AvgIpc) is 2.61. The second kappa shape index (κ2) is 4.18. The summed E-state index contributed by atoms with van der Waals surface area (Å²) in [5.74, 6) is 0.799. The number of hydrogen-bond acceptors (Lipinski definition) is 5. The Kier molecular flexibility index (Phi) is 2.73. The first-order valence-corrected chi connectivity index (χ1v) is 5.14. The Morgan fingerprint density at radius 1 is 1.47 bits per heavy atom. The maximum atomic E-state index is 9.21. The summed E-state index contributed by atoms with van der Waals surface area (Å²) in [5.41, 5.74) is 6.29. The monoisotopic (exact) mass is 222 g/mol. The van der Waals surface area contributed by atoms with Crippen LogP contribution in [0.1, 0.15) is 4.88 Å². The van der Waals surface area contributed by atoms with E-state index in [1.54, 1.807) is 30.5 Å². The first kappa shape index (κ1) is 9.79. The number of phenolic OH excluding ortho intramolecular Hbond substituents is 1. The summed E-state index contributed by atoms with van der Waals surface area (Å²) in [5, 5.41) is 9.21. The predicted octanol–water partition coefficient (Wildman–Crippen LogP) is 2.01. The largest absolute Gasteiger partial charge is 0.508 e. The second-order valence-electron chi connectivity index (χ2n) is 2.99. The van der Waals surface area contributed by atoms with E-state index in [2.05, 4.69) is 4.37 Å². The van der Waals surface area contributed by atoms with Crippen molar-refractivity contribution >= 4 is 17.2 Å². The van der Waals surface area contributed by atoms with E-state index in [1.165, 1.54) is 11.5 Å². The molecule has 0 aliphatic rings. The fraction of sp³-hybridized carbons (Fsp3) is 0.100. The van der Waals surface area contributed by atoms with Gasteiger partial charge in [0.2, 0.25) is 0 Å². The van der Waals surface area contributed by atoms with Crippen molar-refractivity contribution in [2.75, 3.05) is 5.73 Å². The van der Waals surface area contributed by atoms with Crippen LogP contribution in [0.4, 0.5) is 5.69 Å². The molecule has 5 heteroatoms. The number of benzene rings is 1. The van der Waals surface area contributed by atoms with Crippen LogP contribution in [0.3, 0.4) is 0 Å². The first-order valence-electron chi connectivity index (χ1n) is 4.36. The lowest BCUT2D eigenvalue weighted by Gasteiger charge is -2.04. The van der Waals surface area contributed by atoms with E-state index in [4.69, 9.17) is 10.5 Å². The minimum atomic E-state index is 0.185. The van der Waals surface area contributed by atoms with E-state index in [-0.39, 0.29) is 5.75 Å². The molecule has 4 nitrogen and oxygen atoms in total. The highest BCUT2D eigenvalue weighted by molar-refractivity contribution is 7.06. The van der Waals surface area contributed by atoms with Crippen molar-refractivity contribution in [3.8, 4) is 11.5 Å². The lowest BCUT2D eigenvalue weighted by Crippen LogP contribution is -1.96. The zero-order valence-electron chi connectivity index (χ0n) is 7.88. The number of nitrogens with two attached hydrogens (primary N) is 1. The normalized spacial score (nSPS) is 10.1. The number of hydrogen-bond donors (Lipinski definition) is 2. The van der Waals surface area contributed by atoms with Gasteiger partial charge in [-0.05, 0) is 23.7 Å². The van der Waals surface area contributed by atoms with E-state index in [0.29, 0.717) is 18.0 Å². The Bertz CT molecular complexity index is 456. The van der Waals surface area contributed by atoms with Crippen LogP contribution in [-0.2, 0) is 6.61 Å². The Morgan fingerprint density at radius 2 is 2.33 bits per heavy atom. The molecule has 2 rings (SSSR count). The van der Waals surface area contributed by atoms with Crippen LogP contribution in [-0.4, -0.2) is 9.48 Å². The van der Waals surface area contributed by atoms with Gasteiger partial charge in [-0.3, -0.25) is 0 Å². The standard InChI is InChI=1S/C10H10N2O2S/c11-9-5-12-15-10(9)6-14-8-3-1-2-7(13)4-8/h1-5,13H,6,11H2. The van der Waals surface area contributed by atoms with E-state index in [1.807, 2.05) is 0 Å². The number of phenols is 1. The van der Waals surface area contributed by atoms with Gasteiger partial charge in [-0.2, -0.15) is 4.37 Å². The third kappa shape index (κ3) is 2.38. The van der Waals surface area contributed by atoms with Crippen LogP contribution in [0, 0.1) is 0 Å². The topological polar surface area (TPSA) is 68.4 Å². The molecule has 0 fully saturated rings. The highest BCUT2D eigenvalue weighted by atomic mass is 32.1. The predicted molar refractivity (Wildman–Crippen MR) is 59.0 cm³/mol. The van der Waals surface area contributed by atoms with Gasteiger partial charge < -0.3 is 15.6 Å². The summed E-state index contributed by atoms with van der Waals surface area (Å²) in [4.78, 5) is 0.887. The molecule has 2 aromatic rings. The molecule has 0 radical (unpaired) electrons. The van der Waals surface area contributed by atoms with Crippen molar-refractivity contribution in [3.05, 3.63) is 35.3 Å². The molecule has 15 heavy (non-hydrogen) atoms. The molecule has 0 bridgehead atoms. The number of ether oxygens (including phenoxy) is 1. The van der Waals surface area contributed by atoms with Gasteiger partial charge >= 0.3 is 0 Å². The van der Waals surface area contributed by atoms with E-state index in [0.717, 1.165) is 4.88 Å². The summed E-state index contributed by atoms with van der Waals surface area (Å²) in [6.45, 7) is 0.375. The van der Waals surface area contributed by atoms with Crippen LogP contribution >= 0.6 is 11.5 Å². The summed E-state index contributed by atoms with van der Waals surface area (Å²) < 4.78 is 9.38. The maximum Gasteiger partial charge on any atom is 0.126 e. The summed E-state index contributed by atoms with van der Waals surface area (Å²) >= 11 is 1.31. The lowest BCUT2D eigenvalue weighted by molar-refractivity contribution is 0.308. The average molecular weight is 222 g/mol. The highest BCUT2D eigenvalue weighted by Gasteiger charge is 2.03. The van der Waals surface area contributed by atoms with Gasteiger partial charge in [-0.1, -0.05) is 6.07 Å². The van der Waals surface area contributed by atoms with Crippen molar-refractivity contribution < 1.29 is 9.84 Å². The smallest absolute Gasteiger partial charge is 0.126 e. The van der Waals surface area contributed by atoms with Crippen molar-refractivity contribution in [3.63, 3.8) is 0 Å². The third-order valence-corrected chi connectivity index (χ3v) is 2.65. The van der Waals surface area contributed by atoms with E-state index >= 15 is 0 Å². The maximum absolute atomic E-state index is 9.21. The van der Waals surface area contributed by atoms with Crippen LogP contribution in [0.2, 0.25) is 0 Å². The van der Waals surface area contributed by atoms with Gasteiger partial charge in [0.15, 0.2) is 0 Å². The summed E-state index contributed by atoms with van der Waals surface area (Å²) in [6.07, 6.45) is 1.60. The molecule has 1 heterocycles. The van der Waals surface area contributed by atoms with Gasteiger partial charge in [0.1, 0.15) is 18.1 Å². The zero-order chi connectivity index (χ0) is 10.7. The summed E-state index contributed by atoms with van der Waals surface area (Å²) in [6, 6.07) is 6.64. The molecule has 3 N–H and O–H groups in total. The number of nitrogens with zero attached hydrogens (tertiary/aromatic N) is 1. The number of aromatic hydroxyl groups is 1. The molecule has 0 saturated heterocycles. The van der Waals surface area contributed by atoms with Crippen molar-refractivity contribution in [2.24, 2.45) is 0 Å². The Labute approximate surface area is 91.1 Å². The van der Waals surface area contributed by atoms with Crippen LogP contribution in [0.25, 0.3) is 0 Å². The van der Waals surface area contributed by atoms with Gasteiger partial charge in [0.05, 0.1) is 16.8 Å². The lowest BCUT2D eigenvalue weighted by atomic mass is 10.3. The molecule has 0 atom stereocenters. The van der Waals surface area contributed by atoms with Crippen molar-refractivity contribution in [1.29, 1.82) is 0 Å². The van der Waals surface area contributed by atoms with E-state index < -0.39 is 0 Å². The SMILES string of the molecule is Nc1cnsc1COc1cccc(O)c1. The van der Waals surface area contributed by atoms with Crippen LogP contribution in [0.5, 0.6) is 11.5 Å². The number of aromatic nitrogens is 1. The molecular weight excluding hydrogens is 212 g/mol. The minimum absolute atomic E-state index is 0.185. The molecule has 0 unspecified atom stereocenters. The molecular formula is C10H10N2O2S. The van der Waals surface area contributed by atoms with Crippen molar-refractivity contribution in [2.45, 2.75) is 6.61 Å². The molecule has 0 spiro atoms. The van der Waals surface area contributed by atoms with Gasteiger partial charge in [-0.15, -0.1) is 0 Å². The van der Waals surface area contributed by atoms with Gasteiger partial charge in [0, 0.05) is 6.07 Å². The zero-order valence-corrected chi connectivity index (χ0v) is 8.70. The number of nitrogen functional groups attached to an aromatic ring is 1. The molecule has 1 aromatic carbocycles. The van der Waals surface area contributed by atoms with Gasteiger partial charge in [-0.25, -0.2) is 0 Å². The van der Waals surface area contributed by atoms with E-state index in [9.17, 15) is 5.11 Å².